The van der Waals surface area contributed by atoms with Gasteiger partial charge in [0.1, 0.15) is 0 Å². The van der Waals surface area contributed by atoms with E-state index in [4.69, 9.17) is 15.8 Å². The highest BCUT2D eigenvalue weighted by Gasteiger charge is 2.14. The van der Waals surface area contributed by atoms with Crippen LogP contribution in [0.25, 0.3) is 10.9 Å². The van der Waals surface area contributed by atoms with E-state index in [1.54, 1.807) is 12.3 Å². The maximum atomic E-state index is 11.1. The third kappa shape index (κ3) is 3.48. The fourth-order valence-electron chi connectivity index (χ4n) is 2.19. The fourth-order valence-corrected chi connectivity index (χ4v) is 2.71. The van der Waals surface area contributed by atoms with Gasteiger partial charge in [0, 0.05) is 22.2 Å². The summed E-state index contributed by atoms with van der Waals surface area (Å²) in [4.78, 5) is 4.33. The standard InChI is InChI=1S/C14H16ClNO3S/c1-9(2)14-10(8-19-20(3,17)18)7-16-13-5-4-11(15)6-12(13)14/h4-7,9H,8H2,1-3H3. The Balaban J connectivity index is 2.57. The molecule has 20 heavy (non-hydrogen) atoms. The number of aromatic nitrogens is 1. The molecule has 0 fully saturated rings. The Kier molecular flexibility index (Phi) is 4.32. The van der Waals surface area contributed by atoms with Crippen LogP contribution in [0, 0.1) is 0 Å². The molecule has 4 nitrogen and oxygen atoms in total. The van der Waals surface area contributed by atoms with Crippen molar-refractivity contribution in [1.29, 1.82) is 0 Å². The van der Waals surface area contributed by atoms with Crippen LogP contribution in [-0.2, 0) is 20.9 Å². The lowest BCUT2D eigenvalue weighted by atomic mass is 9.94. The molecule has 0 aliphatic rings. The van der Waals surface area contributed by atoms with E-state index in [0.29, 0.717) is 5.02 Å². The number of hydrogen-bond acceptors (Lipinski definition) is 4. The molecule has 6 heteroatoms. The van der Waals surface area contributed by atoms with Gasteiger partial charge >= 0.3 is 0 Å². The average molecular weight is 314 g/mol. The fraction of sp³-hybridized carbons (Fsp3) is 0.357. The molecule has 2 rings (SSSR count). The Labute approximate surface area is 123 Å². The third-order valence-electron chi connectivity index (χ3n) is 2.96. The molecule has 2 aromatic rings. The van der Waals surface area contributed by atoms with Crippen molar-refractivity contribution in [2.45, 2.75) is 26.4 Å². The molecule has 0 amide bonds. The van der Waals surface area contributed by atoms with Gasteiger partial charge in [-0.05, 0) is 29.7 Å². The summed E-state index contributed by atoms with van der Waals surface area (Å²) in [6.07, 6.45) is 2.70. The van der Waals surface area contributed by atoms with Crippen molar-refractivity contribution in [1.82, 2.24) is 4.98 Å². The zero-order valence-electron chi connectivity index (χ0n) is 11.6. The number of rotatable bonds is 4. The number of pyridine rings is 1. The third-order valence-corrected chi connectivity index (χ3v) is 3.74. The molecule has 1 aromatic heterocycles. The highest BCUT2D eigenvalue weighted by molar-refractivity contribution is 7.85. The summed E-state index contributed by atoms with van der Waals surface area (Å²) in [5.74, 6) is 0.206. The first-order chi connectivity index (χ1) is 9.28. The molecule has 0 spiro atoms. The molecule has 0 N–H and O–H groups in total. The molecule has 1 heterocycles. The molecule has 0 atom stereocenters. The second-order valence-corrected chi connectivity index (χ2v) is 7.06. The van der Waals surface area contributed by atoms with Gasteiger partial charge in [0.15, 0.2) is 0 Å². The van der Waals surface area contributed by atoms with Crippen LogP contribution >= 0.6 is 11.6 Å². The lowest BCUT2D eigenvalue weighted by molar-refractivity contribution is 0.310. The molecule has 1 aromatic carbocycles. The number of benzene rings is 1. The molecular weight excluding hydrogens is 298 g/mol. The van der Waals surface area contributed by atoms with Crippen LogP contribution in [0.5, 0.6) is 0 Å². The van der Waals surface area contributed by atoms with Gasteiger partial charge in [-0.2, -0.15) is 8.42 Å². The van der Waals surface area contributed by atoms with E-state index in [-0.39, 0.29) is 12.5 Å². The SMILES string of the molecule is CC(C)c1c(COS(C)(=O)=O)cnc2ccc(Cl)cc12. The van der Waals surface area contributed by atoms with E-state index >= 15 is 0 Å². The number of hydrogen-bond donors (Lipinski definition) is 0. The predicted octanol–water partition coefficient (Wildman–Crippen LogP) is 3.49. The van der Waals surface area contributed by atoms with Crippen molar-refractivity contribution in [3.63, 3.8) is 0 Å². The van der Waals surface area contributed by atoms with E-state index in [1.807, 2.05) is 26.0 Å². The van der Waals surface area contributed by atoms with Crippen LogP contribution in [0.3, 0.4) is 0 Å². The summed E-state index contributed by atoms with van der Waals surface area (Å²) in [6, 6.07) is 5.49. The molecular formula is C14H16ClNO3S. The highest BCUT2D eigenvalue weighted by atomic mass is 35.5. The minimum absolute atomic E-state index is 0.0121. The summed E-state index contributed by atoms with van der Waals surface area (Å²) in [5, 5.41) is 1.56. The number of nitrogens with zero attached hydrogens (tertiary/aromatic N) is 1. The van der Waals surface area contributed by atoms with Gasteiger partial charge in [-0.25, -0.2) is 0 Å². The lowest BCUT2D eigenvalue weighted by Gasteiger charge is -2.15. The van der Waals surface area contributed by atoms with E-state index in [9.17, 15) is 8.42 Å². The van der Waals surface area contributed by atoms with Gasteiger partial charge in [-0.3, -0.25) is 9.17 Å². The van der Waals surface area contributed by atoms with Crippen LogP contribution in [0.15, 0.2) is 24.4 Å². The van der Waals surface area contributed by atoms with Crippen molar-refractivity contribution in [3.8, 4) is 0 Å². The molecule has 0 radical (unpaired) electrons. The maximum Gasteiger partial charge on any atom is 0.264 e. The summed E-state index contributed by atoms with van der Waals surface area (Å²) in [6.45, 7) is 4.07. The van der Waals surface area contributed by atoms with E-state index in [0.717, 1.165) is 28.3 Å². The van der Waals surface area contributed by atoms with Crippen molar-refractivity contribution in [2.24, 2.45) is 0 Å². The zero-order valence-corrected chi connectivity index (χ0v) is 13.1. The van der Waals surface area contributed by atoms with E-state index in [2.05, 4.69) is 4.98 Å². The first kappa shape index (κ1) is 15.2. The lowest BCUT2D eigenvalue weighted by Crippen LogP contribution is -2.06. The molecule has 108 valence electrons. The van der Waals surface area contributed by atoms with Gasteiger partial charge in [-0.1, -0.05) is 25.4 Å². The Morgan fingerprint density at radius 3 is 2.65 bits per heavy atom. The Bertz CT molecular complexity index is 741. The summed E-state index contributed by atoms with van der Waals surface area (Å²) in [7, 11) is -3.48. The number of fused-ring (bicyclic) bond motifs is 1. The van der Waals surface area contributed by atoms with Crippen molar-refractivity contribution in [2.75, 3.05) is 6.26 Å². The van der Waals surface area contributed by atoms with Crippen LogP contribution < -0.4 is 0 Å². The van der Waals surface area contributed by atoms with Crippen LogP contribution in [0.4, 0.5) is 0 Å². The first-order valence-electron chi connectivity index (χ1n) is 6.19. The Morgan fingerprint density at radius 2 is 2.05 bits per heavy atom. The van der Waals surface area contributed by atoms with Gasteiger partial charge in [-0.15, -0.1) is 0 Å². The highest BCUT2D eigenvalue weighted by Crippen LogP contribution is 2.30. The minimum atomic E-state index is -3.48. The van der Waals surface area contributed by atoms with E-state index < -0.39 is 10.1 Å². The first-order valence-corrected chi connectivity index (χ1v) is 8.39. The summed E-state index contributed by atoms with van der Waals surface area (Å²) in [5.41, 5.74) is 2.61. The molecule has 0 unspecified atom stereocenters. The van der Waals surface area contributed by atoms with Crippen molar-refractivity contribution >= 4 is 32.6 Å². The van der Waals surface area contributed by atoms with Crippen LogP contribution in [-0.4, -0.2) is 19.7 Å². The van der Waals surface area contributed by atoms with Gasteiger partial charge in [0.25, 0.3) is 10.1 Å². The molecule has 0 aliphatic heterocycles. The molecule has 0 saturated heterocycles. The quantitative estimate of drug-likeness (QED) is 0.811. The number of halogens is 1. The molecule has 0 bridgehead atoms. The van der Waals surface area contributed by atoms with E-state index in [1.165, 1.54) is 0 Å². The summed E-state index contributed by atoms with van der Waals surface area (Å²) >= 11 is 6.04. The Hall–Kier alpha value is -1.17. The Morgan fingerprint density at radius 1 is 1.35 bits per heavy atom. The van der Waals surface area contributed by atoms with Crippen molar-refractivity contribution < 1.29 is 12.6 Å². The van der Waals surface area contributed by atoms with Crippen LogP contribution in [0.2, 0.25) is 5.02 Å². The maximum absolute atomic E-state index is 11.1. The topological polar surface area (TPSA) is 56.3 Å². The molecule has 0 saturated carbocycles. The van der Waals surface area contributed by atoms with Crippen molar-refractivity contribution in [3.05, 3.63) is 40.5 Å². The summed E-state index contributed by atoms with van der Waals surface area (Å²) < 4.78 is 27.2. The monoisotopic (exact) mass is 313 g/mol. The van der Waals surface area contributed by atoms with Gasteiger partial charge in [0.2, 0.25) is 0 Å². The van der Waals surface area contributed by atoms with Gasteiger partial charge in [0.05, 0.1) is 18.4 Å². The smallest absolute Gasteiger partial charge is 0.264 e. The largest absolute Gasteiger partial charge is 0.265 e. The van der Waals surface area contributed by atoms with Crippen LogP contribution in [0.1, 0.15) is 30.9 Å². The minimum Gasteiger partial charge on any atom is -0.265 e. The van der Waals surface area contributed by atoms with Gasteiger partial charge < -0.3 is 0 Å². The predicted molar refractivity (Wildman–Crippen MR) is 80.5 cm³/mol. The molecule has 0 aliphatic carbocycles. The average Bonchev–Trinajstić information content (AvgIpc) is 2.33. The normalized spacial score (nSPS) is 12.2. The zero-order chi connectivity index (χ0) is 14.9. The second-order valence-electron chi connectivity index (χ2n) is 4.98. The second kappa shape index (κ2) is 5.68.